The molecule has 0 radical (unpaired) electrons. The van der Waals surface area contributed by atoms with Crippen LogP contribution < -0.4 is 15.5 Å². The molecule has 1 heterocycles. The Kier molecular flexibility index (Phi) is 5.83. The normalized spacial score (nSPS) is 12.8. The largest absolute Gasteiger partial charge is 0.338 e. The molecule has 0 aromatic heterocycles. The van der Waals surface area contributed by atoms with Crippen molar-refractivity contribution >= 4 is 35.1 Å². The third-order valence-corrected chi connectivity index (χ3v) is 5.43. The Morgan fingerprint density at radius 2 is 1.92 bits per heavy atom. The van der Waals surface area contributed by atoms with Crippen LogP contribution in [-0.2, 0) is 0 Å². The van der Waals surface area contributed by atoms with E-state index in [2.05, 4.69) is 17.6 Å². The van der Waals surface area contributed by atoms with Crippen molar-refractivity contribution in [2.75, 3.05) is 23.8 Å². The molecule has 26 heavy (non-hydrogen) atoms. The van der Waals surface area contributed by atoms with Crippen molar-refractivity contribution < 1.29 is 9.59 Å². The van der Waals surface area contributed by atoms with Crippen molar-refractivity contribution in [3.63, 3.8) is 0 Å². The fourth-order valence-electron chi connectivity index (χ4n) is 2.84. The fraction of sp³-hybridized carbons (Fsp3) is 0.300. The average molecular weight is 369 g/mol. The number of hydrogen-bond donors (Lipinski definition) is 2. The van der Waals surface area contributed by atoms with Crippen LogP contribution in [-0.4, -0.2) is 25.5 Å². The number of carbonyl (C=O) groups is 2. The molecule has 2 aromatic carbocycles. The van der Waals surface area contributed by atoms with Gasteiger partial charge in [-0.1, -0.05) is 43.7 Å². The van der Waals surface area contributed by atoms with Gasteiger partial charge in [0.1, 0.15) is 0 Å². The van der Waals surface area contributed by atoms with E-state index in [4.69, 9.17) is 0 Å². The number of benzene rings is 2. The number of urea groups is 1. The first-order chi connectivity index (χ1) is 12.6. The lowest BCUT2D eigenvalue weighted by atomic mass is 10.2. The zero-order valence-corrected chi connectivity index (χ0v) is 15.9. The average Bonchev–Trinajstić information content (AvgIpc) is 2.75. The summed E-state index contributed by atoms with van der Waals surface area (Å²) in [6.45, 7) is 2.79. The van der Waals surface area contributed by atoms with E-state index in [9.17, 15) is 9.59 Å². The number of nitrogens with one attached hydrogen (secondary N) is 2. The molecule has 2 N–H and O–H groups in total. The molecule has 3 rings (SSSR count). The van der Waals surface area contributed by atoms with E-state index in [1.54, 1.807) is 23.7 Å². The zero-order chi connectivity index (χ0) is 18.5. The van der Waals surface area contributed by atoms with Gasteiger partial charge in [0.25, 0.3) is 5.91 Å². The second kappa shape index (κ2) is 8.27. The lowest BCUT2D eigenvalue weighted by molar-refractivity contribution is 0.0990. The number of carbonyl (C=O) groups excluding carboxylic acids is 2. The van der Waals surface area contributed by atoms with Crippen LogP contribution in [0.15, 0.2) is 52.3 Å². The predicted molar refractivity (Wildman–Crippen MR) is 106 cm³/mol. The zero-order valence-electron chi connectivity index (χ0n) is 15.0. The first kappa shape index (κ1) is 18.3. The first-order valence-electron chi connectivity index (χ1n) is 8.84. The van der Waals surface area contributed by atoms with Crippen LogP contribution in [0.3, 0.4) is 0 Å². The van der Waals surface area contributed by atoms with Gasteiger partial charge in [-0.15, -0.1) is 0 Å². The van der Waals surface area contributed by atoms with Crippen LogP contribution in [0.2, 0.25) is 0 Å². The second-order valence-electron chi connectivity index (χ2n) is 6.23. The Balaban J connectivity index is 1.76. The number of unbranched alkanes of at least 4 members (excludes halogenated alkanes) is 2. The minimum atomic E-state index is -0.223. The van der Waals surface area contributed by atoms with Crippen LogP contribution >= 0.6 is 11.8 Å². The van der Waals surface area contributed by atoms with Gasteiger partial charge < -0.3 is 15.5 Å². The Morgan fingerprint density at radius 1 is 1.12 bits per heavy atom. The van der Waals surface area contributed by atoms with Gasteiger partial charge >= 0.3 is 6.03 Å². The molecule has 3 amide bonds. The molecule has 1 aliphatic rings. The van der Waals surface area contributed by atoms with E-state index in [1.165, 1.54) is 0 Å². The lowest BCUT2D eigenvalue weighted by Gasteiger charge is -2.18. The maximum atomic E-state index is 12.7. The number of rotatable bonds is 5. The monoisotopic (exact) mass is 369 g/mol. The third-order valence-electron chi connectivity index (χ3n) is 4.29. The quantitative estimate of drug-likeness (QED) is 0.749. The Morgan fingerprint density at radius 3 is 2.73 bits per heavy atom. The van der Waals surface area contributed by atoms with Crippen LogP contribution in [0.1, 0.15) is 36.5 Å². The number of fused-ring (bicyclic) bond motifs is 2. The molecule has 6 heteroatoms. The van der Waals surface area contributed by atoms with E-state index in [0.717, 1.165) is 34.7 Å². The highest BCUT2D eigenvalue weighted by Crippen LogP contribution is 2.41. The van der Waals surface area contributed by atoms with E-state index in [1.807, 2.05) is 42.5 Å². The smallest absolute Gasteiger partial charge is 0.319 e. The number of amides is 3. The molecule has 0 aliphatic carbocycles. The summed E-state index contributed by atoms with van der Waals surface area (Å²) in [4.78, 5) is 28.3. The molecule has 1 aliphatic heterocycles. The molecule has 0 saturated carbocycles. The summed E-state index contributed by atoms with van der Waals surface area (Å²) in [7, 11) is 1.76. The van der Waals surface area contributed by atoms with Crippen molar-refractivity contribution in [2.24, 2.45) is 0 Å². The summed E-state index contributed by atoms with van der Waals surface area (Å²) in [5, 5.41) is 5.71. The van der Waals surface area contributed by atoms with Crippen molar-refractivity contribution in [1.82, 2.24) is 5.32 Å². The van der Waals surface area contributed by atoms with Crippen molar-refractivity contribution in [1.29, 1.82) is 0 Å². The topological polar surface area (TPSA) is 61.4 Å². The van der Waals surface area contributed by atoms with Gasteiger partial charge in [0, 0.05) is 29.1 Å². The minimum absolute atomic E-state index is 0.0481. The van der Waals surface area contributed by atoms with Crippen LogP contribution in [0.5, 0.6) is 0 Å². The van der Waals surface area contributed by atoms with Crippen molar-refractivity contribution in [3.05, 3.63) is 48.0 Å². The maximum Gasteiger partial charge on any atom is 0.319 e. The molecule has 0 bridgehead atoms. The molecular formula is C20H23N3O2S. The molecule has 0 atom stereocenters. The van der Waals surface area contributed by atoms with Gasteiger partial charge in [-0.25, -0.2) is 4.79 Å². The number of anilines is 2. The van der Waals surface area contributed by atoms with Crippen LogP contribution in [0, 0.1) is 0 Å². The summed E-state index contributed by atoms with van der Waals surface area (Å²) in [5.41, 5.74) is 2.15. The Labute approximate surface area is 158 Å². The Bertz CT molecular complexity index is 822. The van der Waals surface area contributed by atoms with E-state index < -0.39 is 0 Å². The van der Waals surface area contributed by atoms with Crippen molar-refractivity contribution in [3.8, 4) is 0 Å². The summed E-state index contributed by atoms with van der Waals surface area (Å²) in [6, 6.07) is 13.0. The van der Waals surface area contributed by atoms with Gasteiger partial charge in [-0.3, -0.25) is 4.79 Å². The molecule has 0 spiro atoms. The molecule has 5 nitrogen and oxygen atoms in total. The van der Waals surface area contributed by atoms with Gasteiger partial charge in [-0.05, 0) is 36.8 Å². The maximum absolute atomic E-state index is 12.7. The summed E-state index contributed by atoms with van der Waals surface area (Å²) in [6.07, 6.45) is 3.19. The molecular weight excluding hydrogens is 346 g/mol. The molecule has 0 fully saturated rings. The van der Waals surface area contributed by atoms with E-state index in [-0.39, 0.29) is 11.9 Å². The van der Waals surface area contributed by atoms with Gasteiger partial charge in [0.05, 0.1) is 11.3 Å². The van der Waals surface area contributed by atoms with Crippen molar-refractivity contribution in [2.45, 2.75) is 36.0 Å². The Hall–Kier alpha value is -2.47. The summed E-state index contributed by atoms with van der Waals surface area (Å²) in [5.74, 6) is -0.0481. The highest BCUT2D eigenvalue weighted by atomic mass is 32.2. The highest BCUT2D eigenvalue weighted by molar-refractivity contribution is 7.99. The summed E-state index contributed by atoms with van der Waals surface area (Å²) >= 11 is 1.57. The number of hydrogen-bond acceptors (Lipinski definition) is 3. The van der Waals surface area contributed by atoms with E-state index in [0.29, 0.717) is 17.8 Å². The highest BCUT2D eigenvalue weighted by Gasteiger charge is 2.24. The lowest BCUT2D eigenvalue weighted by Crippen LogP contribution is -2.30. The fourth-order valence-corrected chi connectivity index (χ4v) is 3.92. The van der Waals surface area contributed by atoms with E-state index >= 15 is 0 Å². The predicted octanol–water partition coefficient (Wildman–Crippen LogP) is 4.74. The summed E-state index contributed by atoms with van der Waals surface area (Å²) < 4.78 is 0. The molecule has 0 unspecified atom stereocenters. The molecule has 136 valence electrons. The van der Waals surface area contributed by atoms with Gasteiger partial charge in [-0.2, -0.15) is 0 Å². The first-order valence-corrected chi connectivity index (χ1v) is 9.65. The molecule has 2 aromatic rings. The van der Waals surface area contributed by atoms with Gasteiger partial charge in [0.15, 0.2) is 0 Å². The molecule has 0 saturated heterocycles. The standard InChI is InChI=1S/C20H23N3O2S/c1-3-4-7-12-21-20(25)22-14-10-11-18-16(13-14)23(2)19(24)15-8-5-6-9-17(15)26-18/h5-6,8-11,13H,3-4,7,12H2,1-2H3,(H2,21,22,25). The minimum Gasteiger partial charge on any atom is -0.338 e. The second-order valence-corrected chi connectivity index (χ2v) is 7.32. The SMILES string of the molecule is CCCCCNC(=O)Nc1ccc2c(c1)N(C)C(=O)c1ccccc1S2. The van der Waals surface area contributed by atoms with Crippen LogP contribution in [0.25, 0.3) is 0 Å². The third kappa shape index (κ3) is 4.02. The number of nitrogens with zero attached hydrogens (tertiary/aromatic N) is 1. The van der Waals surface area contributed by atoms with Crippen LogP contribution in [0.4, 0.5) is 16.2 Å². The van der Waals surface area contributed by atoms with Gasteiger partial charge in [0.2, 0.25) is 0 Å².